The van der Waals surface area contributed by atoms with Crippen molar-refractivity contribution in [2.75, 3.05) is 5.32 Å². The molecule has 0 saturated carbocycles. The SMILES string of the molecule is O=C(Nc1c(Cl)cc(Cl)cc1Cl)c1cc(Cl)c(F)cc1O. The number of aromatic hydroxyl groups is 1. The molecule has 0 aliphatic rings. The van der Waals surface area contributed by atoms with Crippen LogP contribution in [0, 0.1) is 5.82 Å². The lowest BCUT2D eigenvalue weighted by molar-refractivity contribution is 0.102. The molecule has 21 heavy (non-hydrogen) atoms. The second-order valence-electron chi connectivity index (χ2n) is 3.98. The van der Waals surface area contributed by atoms with E-state index >= 15 is 0 Å². The highest BCUT2D eigenvalue weighted by Crippen LogP contribution is 2.34. The maximum atomic E-state index is 13.1. The van der Waals surface area contributed by atoms with Gasteiger partial charge in [-0.2, -0.15) is 0 Å². The van der Waals surface area contributed by atoms with Crippen LogP contribution in [0.15, 0.2) is 24.3 Å². The van der Waals surface area contributed by atoms with Crippen LogP contribution >= 0.6 is 46.4 Å². The molecule has 0 unspecified atom stereocenters. The van der Waals surface area contributed by atoms with Crippen molar-refractivity contribution in [2.24, 2.45) is 0 Å². The monoisotopic (exact) mass is 367 g/mol. The average Bonchev–Trinajstić information content (AvgIpc) is 2.37. The number of phenolic OH excluding ortho intramolecular Hbond substituents is 1. The first-order valence-electron chi connectivity index (χ1n) is 5.43. The molecular formula is C13H6Cl4FNO2. The molecule has 2 rings (SSSR count). The molecule has 1 amide bonds. The molecule has 2 aromatic rings. The molecule has 0 fully saturated rings. The predicted molar refractivity (Wildman–Crippen MR) is 82.5 cm³/mol. The molecule has 0 saturated heterocycles. The molecule has 110 valence electrons. The van der Waals surface area contributed by atoms with Crippen molar-refractivity contribution >= 4 is 58.0 Å². The maximum absolute atomic E-state index is 13.1. The van der Waals surface area contributed by atoms with E-state index in [1.165, 1.54) is 12.1 Å². The Morgan fingerprint density at radius 3 is 2.14 bits per heavy atom. The number of carbonyl (C=O) groups is 1. The van der Waals surface area contributed by atoms with E-state index in [-0.39, 0.29) is 26.3 Å². The first kappa shape index (κ1) is 16.2. The van der Waals surface area contributed by atoms with Gasteiger partial charge in [0.1, 0.15) is 11.6 Å². The zero-order valence-corrected chi connectivity index (χ0v) is 13.1. The van der Waals surface area contributed by atoms with Gasteiger partial charge in [0.15, 0.2) is 0 Å². The highest BCUT2D eigenvalue weighted by molar-refractivity contribution is 6.42. The van der Waals surface area contributed by atoms with Crippen LogP contribution in [0.3, 0.4) is 0 Å². The van der Waals surface area contributed by atoms with Crippen LogP contribution in [-0.2, 0) is 0 Å². The molecule has 0 spiro atoms. The van der Waals surface area contributed by atoms with E-state index in [0.717, 1.165) is 12.1 Å². The molecule has 0 atom stereocenters. The van der Waals surface area contributed by atoms with E-state index in [9.17, 15) is 14.3 Å². The largest absolute Gasteiger partial charge is 0.507 e. The number of rotatable bonds is 2. The number of carbonyl (C=O) groups excluding carboxylic acids is 1. The van der Waals surface area contributed by atoms with Gasteiger partial charge in [0.25, 0.3) is 5.91 Å². The standard InChI is InChI=1S/C13H6Cl4FNO2/c14-5-1-8(16)12(9(17)2-5)19-13(21)6-3-7(15)10(18)4-11(6)20/h1-4,20H,(H,19,21). The topological polar surface area (TPSA) is 49.3 Å². The molecular weight excluding hydrogens is 363 g/mol. The van der Waals surface area contributed by atoms with Gasteiger partial charge in [-0.05, 0) is 18.2 Å². The third-order valence-electron chi connectivity index (χ3n) is 2.53. The van der Waals surface area contributed by atoms with Gasteiger partial charge in [0.2, 0.25) is 0 Å². The molecule has 0 aliphatic heterocycles. The summed E-state index contributed by atoms with van der Waals surface area (Å²) < 4.78 is 13.1. The van der Waals surface area contributed by atoms with Crippen molar-refractivity contribution < 1.29 is 14.3 Å². The number of halogens is 5. The minimum atomic E-state index is -0.840. The lowest BCUT2D eigenvalue weighted by Gasteiger charge is -2.11. The first-order valence-corrected chi connectivity index (χ1v) is 6.94. The number of anilines is 1. The zero-order chi connectivity index (χ0) is 15.7. The third-order valence-corrected chi connectivity index (χ3v) is 3.63. The van der Waals surface area contributed by atoms with Gasteiger partial charge in [-0.25, -0.2) is 4.39 Å². The van der Waals surface area contributed by atoms with Crippen LogP contribution in [-0.4, -0.2) is 11.0 Å². The van der Waals surface area contributed by atoms with E-state index in [4.69, 9.17) is 46.4 Å². The van der Waals surface area contributed by atoms with Gasteiger partial charge in [0.05, 0.1) is 26.3 Å². The lowest BCUT2D eigenvalue weighted by atomic mass is 10.1. The summed E-state index contributed by atoms with van der Waals surface area (Å²) in [6, 6.07) is 4.52. The Morgan fingerprint density at radius 2 is 1.57 bits per heavy atom. The van der Waals surface area contributed by atoms with Gasteiger partial charge in [-0.3, -0.25) is 4.79 Å². The Hall–Kier alpha value is -1.20. The minimum absolute atomic E-state index is 0.118. The summed E-state index contributed by atoms with van der Waals surface area (Å²) in [5, 5.41) is 12.2. The summed E-state index contributed by atoms with van der Waals surface area (Å²) in [6.45, 7) is 0. The Kier molecular flexibility index (Phi) is 4.84. The van der Waals surface area contributed by atoms with Crippen LogP contribution in [0.4, 0.5) is 10.1 Å². The van der Waals surface area contributed by atoms with Crippen LogP contribution in [0.25, 0.3) is 0 Å². The number of benzene rings is 2. The average molecular weight is 369 g/mol. The second kappa shape index (κ2) is 6.28. The highest BCUT2D eigenvalue weighted by Gasteiger charge is 2.17. The molecule has 0 bridgehead atoms. The Bertz CT molecular complexity index is 713. The smallest absolute Gasteiger partial charge is 0.259 e. The molecule has 0 aliphatic carbocycles. The van der Waals surface area contributed by atoms with E-state index in [2.05, 4.69) is 5.32 Å². The summed E-state index contributed by atoms with van der Waals surface area (Å²) in [5.41, 5.74) is -0.101. The Labute approximate surface area is 139 Å². The van der Waals surface area contributed by atoms with Gasteiger partial charge < -0.3 is 10.4 Å². The summed E-state index contributed by atoms with van der Waals surface area (Å²) in [7, 11) is 0. The number of hydrogen-bond donors (Lipinski definition) is 2. The molecule has 3 nitrogen and oxygen atoms in total. The fraction of sp³-hybridized carbons (Fsp3) is 0. The summed E-state index contributed by atoms with van der Waals surface area (Å²) in [6.07, 6.45) is 0. The van der Waals surface area contributed by atoms with E-state index in [0.29, 0.717) is 5.02 Å². The summed E-state index contributed by atoms with van der Waals surface area (Å²) >= 11 is 23.2. The number of amides is 1. The van der Waals surface area contributed by atoms with Crippen molar-refractivity contribution in [1.82, 2.24) is 0 Å². The summed E-state index contributed by atoms with van der Waals surface area (Å²) in [4.78, 5) is 12.1. The normalized spacial score (nSPS) is 10.5. The van der Waals surface area contributed by atoms with E-state index < -0.39 is 17.5 Å². The Morgan fingerprint density at radius 1 is 1.00 bits per heavy atom. The van der Waals surface area contributed by atoms with Gasteiger partial charge >= 0.3 is 0 Å². The minimum Gasteiger partial charge on any atom is -0.507 e. The van der Waals surface area contributed by atoms with Crippen molar-refractivity contribution in [3.63, 3.8) is 0 Å². The van der Waals surface area contributed by atoms with Crippen LogP contribution in [0.5, 0.6) is 5.75 Å². The van der Waals surface area contributed by atoms with Crippen LogP contribution < -0.4 is 5.32 Å². The molecule has 0 aromatic heterocycles. The van der Waals surface area contributed by atoms with Crippen molar-refractivity contribution in [3.05, 3.63) is 55.7 Å². The van der Waals surface area contributed by atoms with E-state index in [1.807, 2.05) is 0 Å². The lowest BCUT2D eigenvalue weighted by Crippen LogP contribution is -2.13. The maximum Gasteiger partial charge on any atom is 0.259 e. The molecule has 0 radical (unpaired) electrons. The van der Waals surface area contributed by atoms with Crippen LogP contribution in [0.1, 0.15) is 10.4 Å². The fourth-order valence-electron chi connectivity index (χ4n) is 1.56. The number of phenols is 1. The molecule has 2 aromatic carbocycles. The number of hydrogen-bond acceptors (Lipinski definition) is 2. The van der Waals surface area contributed by atoms with Gasteiger partial charge in [-0.15, -0.1) is 0 Å². The van der Waals surface area contributed by atoms with E-state index in [1.54, 1.807) is 0 Å². The fourth-order valence-corrected chi connectivity index (χ4v) is 2.64. The van der Waals surface area contributed by atoms with Crippen molar-refractivity contribution in [2.45, 2.75) is 0 Å². The summed E-state index contributed by atoms with van der Waals surface area (Å²) in [5.74, 6) is -2.15. The predicted octanol–water partition coefficient (Wildman–Crippen LogP) is 5.40. The van der Waals surface area contributed by atoms with Crippen molar-refractivity contribution in [1.29, 1.82) is 0 Å². The third kappa shape index (κ3) is 3.52. The molecule has 2 N–H and O–H groups in total. The second-order valence-corrected chi connectivity index (χ2v) is 5.64. The van der Waals surface area contributed by atoms with Gasteiger partial charge in [0, 0.05) is 11.1 Å². The Balaban J connectivity index is 2.37. The van der Waals surface area contributed by atoms with Gasteiger partial charge in [-0.1, -0.05) is 46.4 Å². The first-order chi connectivity index (χ1) is 9.79. The zero-order valence-electron chi connectivity index (χ0n) is 10.1. The molecule has 0 heterocycles. The quantitative estimate of drug-likeness (QED) is 0.745. The van der Waals surface area contributed by atoms with Crippen molar-refractivity contribution in [3.8, 4) is 5.75 Å². The van der Waals surface area contributed by atoms with Crippen LogP contribution in [0.2, 0.25) is 20.1 Å². The number of nitrogens with one attached hydrogen (secondary N) is 1. The highest BCUT2D eigenvalue weighted by atomic mass is 35.5. The molecule has 8 heteroatoms.